The molecule has 0 N–H and O–H groups in total. The van der Waals surface area contributed by atoms with Gasteiger partial charge in [0.1, 0.15) is 11.0 Å². The molecule has 2 unspecified atom stereocenters. The second-order valence-corrected chi connectivity index (χ2v) is 6.71. The maximum Gasteiger partial charge on any atom is 0.254 e. The van der Waals surface area contributed by atoms with Crippen molar-refractivity contribution in [1.82, 2.24) is 4.98 Å². The Kier molecular flexibility index (Phi) is 3.05. The lowest BCUT2D eigenvalue weighted by Gasteiger charge is -2.32. The Balaban J connectivity index is 1.60. The van der Waals surface area contributed by atoms with Crippen LogP contribution in [-0.2, 0) is 0 Å². The number of hydrogen-bond acceptors (Lipinski definition) is 3. The lowest BCUT2D eigenvalue weighted by atomic mass is 9.99. The summed E-state index contributed by atoms with van der Waals surface area (Å²) < 4.78 is 26.9. The van der Waals surface area contributed by atoms with Gasteiger partial charge in [0.2, 0.25) is 0 Å². The van der Waals surface area contributed by atoms with E-state index in [1.807, 2.05) is 19.1 Å². The van der Waals surface area contributed by atoms with Crippen molar-refractivity contribution in [1.29, 1.82) is 0 Å². The fourth-order valence-electron chi connectivity index (χ4n) is 3.70. The molecular weight excluding hydrogens is 308 g/mol. The molecule has 2 aliphatic carbocycles. The van der Waals surface area contributed by atoms with Crippen molar-refractivity contribution in [3.05, 3.63) is 35.3 Å². The number of allylic oxidation sites excluding steroid dienone is 1. The topological polar surface area (TPSA) is 28.5 Å². The van der Waals surface area contributed by atoms with Crippen LogP contribution in [0.5, 0.6) is 0 Å². The number of halogens is 3. The highest BCUT2D eigenvalue weighted by atomic mass is 35.5. The molecule has 0 aromatic carbocycles. The molecule has 1 aromatic heterocycles. The maximum atomic E-state index is 13.4. The van der Waals surface area contributed by atoms with Crippen molar-refractivity contribution in [3.63, 3.8) is 0 Å². The number of amidine groups is 1. The second-order valence-electron chi connectivity index (χ2n) is 6.32. The largest absolute Gasteiger partial charge is 0.324 e. The first-order valence-electron chi connectivity index (χ1n) is 7.49. The van der Waals surface area contributed by atoms with Gasteiger partial charge < -0.3 is 4.90 Å². The maximum absolute atomic E-state index is 13.4. The highest BCUT2D eigenvalue weighted by molar-refractivity contribution is 6.29. The normalized spacial score (nSPS) is 32.4. The molecule has 0 radical (unpaired) electrons. The van der Waals surface area contributed by atoms with Gasteiger partial charge in [-0.05, 0) is 38.0 Å². The molecule has 4 rings (SSSR count). The lowest BCUT2D eigenvalue weighted by Crippen LogP contribution is -2.39. The summed E-state index contributed by atoms with van der Waals surface area (Å²) in [6.45, 7) is 2.64. The van der Waals surface area contributed by atoms with Crippen LogP contribution < -0.4 is 4.90 Å². The molecular formula is C16H16ClF2N3. The van der Waals surface area contributed by atoms with Crippen molar-refractivity contribution in [2.45, 2.75) is 25.7 Å². The van der Waals surface area contributed by atoms with Crippen molar-refractivity contribution >= 4 is 23.1 Å². The van der Waals surface area contributed by atoms with E-state index >= 15 is 0 Å². The van der Waals surface area contributed by atoms with Crippen molar-refractivity contribution < 1.29 is 8.78 Å². The Morgan fingerprint density at radius 1 is 1.27 bits per heavy atom. The Morgan fingerprint density at radius 3 is 2.64 bits per heavy atom. The molecule has 0 bridgehead atoms. The first-order chi connectivity index (χ1) is 10.5. The van der Waals surface area contributed by atoms with Crippen LogP contribution in [0.25, 0.3) is 0 Å². The van der Waals surface area contributed by atoms with Gasteiger partial charge in [-0.3, -0.25) is 0 Å². The SMILES string of the molecule is CC1=CCN(c2ccc(Cl)nc2)C(C2CC3C(C2)C3(F)F)=N1. The van der Waals surface area contributed by atoms with Crippen molar-refractivity contribution in [2.24, 2.45) is 22.7 Å². The zero-order valence-corrected chi connectivity index (χ0v) is 12.9. The minimum atomic E-state index is -2.44. The summed E-state index contributed by atoms with van der Waals surface area (Å²) in [6.07, 6.45) is 4.79. The molecule has 0 saturated heterocycles. The first kappa shape index (κ1) is 14.1. The van der Waals surface area contributed by atoms with Crippen LogP contribution in [0.4, 0.5) is 14.5 Å². The van der Waals surface area contributed by atoms with Crippen molar-refractivity contribution in [3.8, 4) is 0 Å². The highest BCUT2D eigenvalue weighted by Gasteiger charge is 2.72. The molecule has 3 aliphatic rings. The molecule has 6 heteroatoms. The molecule has 116 valence electrons. The standard InChI is InChI=1S/C16H16ClF2N3/c1-9-4-5-22(11-2-3-14(17)20-8-11)15(21-9)10-6-12-13(7-10)16(12,18)19/h2-4,8,10,12-13H,5-7H2,1H3. The molecule has 2 fully saturated rings. The van der Waals surface area contributed by atoms with Gasteiger partial charge in [-0.1, -0.05) is 11.6 Å². The van der Waals surface area contributed by atoms with E-state index in [4.69, 9.17) is 11.6 Å². The summed E-state index contributed by atoms with van der Waals surface area (Å²) in [5.41, 5.74) is 1.85. The smallest absolute Gasteiger partial charge is 0.254 e. The summed E-state index contributed by atoms with van der Waals surface area (Å²) in [7, 11) is 0. The summed E-state index contributed by atoms with van der Waals surface area (Å²) in [5, 5.41) is 0.438. The Morgan fingerprint density at radius 2 is 2.00 bits per heavy atom. The Hall–Kier alpha value is -1.49. The average molecular weight is 324 g/mol. The van der Waals surface area contributed by atoms with Gasteiger partial charge in [0.25, 0.3) is 5.92 Å². The number of rotatable bonds is 2. The van der Waals surface area contributed by atoms with E-state index in [1.54, 1.807) is 12.3 Å². The molecule has 0 spiro atoms. The Labute approximate surface area is 132 Å². The number of nitrogens with zero attached hydrogens (tertiary/aromatic N) is 3. The van der Waals surface area contributed by atoms with E-state index in [0.29, 0.717) is 24.5 Å². The van der Waals surface area contributed by atoms with E-state index < -0.39 is 17.8 Å². The lowest BCUT2D eigenvalue weighted by molar-refractivity contribution is 0.0687. The van der Waals surface area contributed by atoms with Gasteiger partial charge in [-0.2, -0.15) is 0 Å². The van der Waals surface area contributed by atoms with Crippen LogP contribution in [-0.4, -0.2) is 23.3 Å². The third-order valence-corrected chi connectivity index (χ3v) is 5.19. The second kappa shape index (κ2) is 4.75. The van der Waals surface area contributed by atoms with Gasteiger partial charge >= 0.3 is 0 Å². The predicted octanol–water partition coefficient (Wildman–Crippen LogP) is 4.15. The number of aromatic nitrogens is 1. The predicted molar refractivity (Wildman–Crippen MR) is 82.4 cm³/mol. The Bertz CT molecular complexity index is 654. The van der Waals surface area contributed by atoms with E-state index in [-0.39, 0.29) is 5.92 Å². The van der Waals surface area contributed by atoms with E-state index in [9.17, 15) is 8.78 Å². The highest BCUT2D eigenvalue weighted by Crippen LogP contribution is 2.66. The quantitative estimate of drug-likeness (QED) is 0.765. The molecule has 1 aliphatic heterocycles. The van der Waals surface area contributed by atoms with E-state index in [1.165, 1.54) is 0 Å². The third kappa shape index (κ3) is 2.14. The summed E-state index contributed by atoms with van der Waals surface area (Å²) in [4.78, 5) is 10.8. The van der Waals surface area contributed by atoms with Gasteiger partial charge in [0.05, 0.1) is 11.9 Å². The first-order valence-corrected chi connectivity index (χ1v) is 7.87. The average Bonchev–Trinajstić information content (AvgIpc) is 2.87. The van der Waals surface area contributed by atoms with Gasteiger partial charge in [-0.25, -0.2) is 18.8 Å². The van der Waals surface area contributed by atoms with E-state index in [0.717, 1.165) is 17.2 Å². The molecule has 2 saturated carbocycles. The van der Waals surface area contributed by atoms with Crippen LogP contribution in [0.1, 0.15) is 19.8 Å². The van der Waals surface area contributed by atoms with Crippen LogP contribution in [0.3, 0.4) is 0 Å². The molecule has 0 amide bonds. The van der Waals surface area contributed by atoms with Crippen molar-refractivity contribution in [2.75, 3.05) is 11.4 Å². The van der Waals surface area contributed by atoms with Crippen LogP contribution in [0, 0.1) is 17.8 Å². The van der Waals surface area contributed by atoms with Gasteiger partial charge in [-0.15, -0.1) is 0 Å². The molecule has 22 heavy (non-hydrogen) atoms. The zero-order chi connectivity index (χ0) is 15.5. The number of hydrogen-bond donors (Lipinski definition) is 0. The fourth-order valence-corrected chi connectivity index (χ4v) is 3.82. The number of anilines is 1. The third-order valence-electron chi connectivity index (χ3n) is 4.97. The van der Waals surface area contributed by atoms with Crippen LogP contribution in [0.2, 0.25) is 5.15 Å². The van der Waals surface area contributed by atoms with Gasteiger partial charge in [0, 0.05) is 30.0 Å². The molecule has 1 aromatic rings. The summed E-state index contributed by atoms with van der Waals surface area (Å²) in [5.74, 6) is -2.34. The monoisotopic (exact) mass is 323 g/mol. The zero-order valence-electron chi connectivity index (χ0n) is 12.1. The number of pyridine rings is 1. The molecule has 2 atom stereocenters. The van der Waals surface area contributed by atoms with Crippen LogP contribution in [0.15, 0.2) is 35.1 Å². The summed E-state index contributed by atoms with van der Waals surface area (Å²) in [6, 6.07) is 3.63. The number of fused-ring (bicyclic) bond motifs is 1. The molecule has 2 heterocycles. The fraction of sp³-hybridized carbons (Fsp3) is 0.500. The minimum Gasteiger partial charge on any atom is -0.324 e. The van der Waals surface area contributed by atoms with Gasteiger partial charge in [0.15, 0.2) is 0 Å². The van der Waals surface area contributed by atoms with Crippen LogP contribution >= 0.6 is 11.6 Å². The minimum absolute atomic E-state index is 0.106. The van der Waals surface area contributed by atoms with E-state index in [2.05, 4.69) is 14.9 Å². The molecule has 3 nitrogen and oxygen atoms in total. The summed E-state index contributed by atoms with van der Waals surface area (Å²) >= 11 is 5.84. The number of alkyl halides is 2. The number of aliphatic imine (C=N–C) groups is 1.